The monoisotopic (exact) mass is 284 g/mol. The van der Waals surface area contributed by atoms with Gasteiger partial charge >= 0.3 is 0 Å². The van der Waals surface area contributed by atoms with Gasteiger partial charge in [-0.25, -0.2) is 0 Å². The molecule has 1 fully saturated rings. The summed E-state index contributed by atoms with van der Waals surface area (Å²) in [4.78, 5) is 0. The molecule has 6 unspecified atom stereocenters. The summed E-state index contributed by atoms with van der Waals surface area (Å²) in [6, 6.07) is 0. The van der Waals surface area contributed by atoms with Gasteiger partial charge in [-0.15, -0.1) is 0 Å². The van der Waals surface area contributed by atoms with Gasteiger partial charge in [0.25, 0.3) is 0 Å². The average Bonchev–Trinajstić information content (AvgIpc) is 2.44. The minimum atomic E-state index is -1.26. The molecule has 1 aliphatic carbocycles. The van der Waals surface area contributed by atoms with Gasteiger partial charge in [0.2, 0.25) is 0 Å². The second-order valence-electron chi connectivity index (χ2n) is 4.05. The molecule has 6 heteroatoms. The van der Waals surface area contributed by atoms with Crippen LogP contribution in [0, 0.1) is 0 Å². The Hall–Kier alpha value is -1.92. The summed E-state index contributed by atoms with van der Waals surface area (Å²) in [6.07, 6.45) is -1.15. The Labute approximate surface area is 118 Å². The van der Waals surface area contributed by atoms with Crippen LogP contribution in [0.1, 0.15) is 0 Å². The van der Waals surface area contributed by atoms with Crippen LogP contribution in [-0.2, 0) is 18.9 Å². The van der Waals surface area contributed by atoms with Crippen molar-refractivity contribution in [1.29, 1.82) is 0 Å². The van der Waals surface area contributed by atoms with Crippen molar-refractivity contribution in [3.05, 3.63) is 51.4 Å². The highest BCUT2D eigenvalue weighted by atomic mass is 16.6. The van der Waals surface area contributed by atoms with Crippen molar-refractivity contribution >= 4 is 0 Å². The fourth-order valence-electron chi connectivity index (χ4n) is 2.22. The Morgan fingerprint density at radius 1 is 0.550 bits per heavy atom. The molecule has 112 valence electrons. The van der Waals surface area contributed by atoms with E-state index in [0.717, 1.165) is 12.5 Å². The Balaban J connectivity index is 3.11. The van der Waals surface area contributed by atoms with Gasteiger partial charge in [-0.1, -0.05) is 26.3 Å². The second kappa shape index (κ2) is 7.62. The van der Waals surface area contributed by atoms with Crippen LogP contribution in [0.15, 0.2) is 51.4 Å². The van der Waals surface area contributed by atoms with Crippen LogP contribution in [-0.4, -0.2) is 46.8 Å². The van der Waals surface area contributed by atoms with Gasteiger partial charge in [-0.05, 0) is 0 Å². The van der Waals surface area contributed by atoms with E-state index < -0.39 is 36.6 Å². The fraction of sp³-hybridized carbons (Fsp3) is 0.429. The summed E-state index contributed by atoms with van der Waals surface area (Å²) < 4.78 is 21.1. The lowest BCUT2D eigenvalue weighted by molar-refractivity contribution is -0.228. The van der Waals surface area contributed by atoms with Crippen LogP contribution in [0.25, 0.3) is 0 Å². The Morgan fingerprint density at radius 3 is 1.05 bits per heavy atom. The summed E-state index contributed by atoms with van der Waals surface area (Å²) in [7, 11) is 0. The highest BCUT2D eigenvalue weighted by Crippen LogP contribution is 2.30. The molecular formula is C14H20O6. The molecule has 0 aliphatic heterocycles. The van der Waals surface area contributed by atoms with E-state index in [9.17, 15) is 10.2 Å². The second-order valence-corrected chi connectivity index (χ2v) is 4.05. The first-order valence-corrected chi connectivity index (χ1v) is 6.04. The highest BCUT2D eigenvalue weighted by Gasteiger charge is 2.54. The lowest BCUT2D eigenvalue weighted by Crippen LogP contribution is -2.65. The van der Waals surface area contributed by atoms with Crippen molar-refractivity contribution in [2.24, 2.45) is 0 Å². The van der Waals surface area contributed by atoms with E-state index in [2.05, 4.69) is 26.3 Å². The van der Waals surface area contributed by atoms with E-state index in [1.54, 1.807) is 0 Å². The lowest BCUT2D eigenvalue weighted by atomic mass is 9.84. The molecular weight excluding hydrogens is 264 g/mol. The molecule has 1 aliphatic rings. The summed E-state index contributed by atoms with van der Waals surface area (Å²) >= 11 is 0. The zero-order valence-electron chi connectivity index (χ0n) is 11.1. The largest absolute Gasteiger partial charge is 0.492 e. The third-order valence-corrected chi connectivity index (χ3v) is 3.01. The molecule has 2 N–H and O–H groups in total. The molecule has 1 rings (SSSR count). The van der Waals surface area contributed by atoms with Gasteiger partial charge < -0.3 is 29.2 Å². The highest BCUT2D eigenvalue weighted by molar-refractivity contribution is 5.04. The molecule has 0 aromatic heterocycles. The van der Waals surface area contributed by atoms with Crippen LogP contribution >= 0.6 is 0 Å². The van der Waals surface area contributed by atoms with Crippen molar-refractivity contribution in [2.75, 3.05) is 0 Å². The minimum Gasteiger partial charge on any atom is -0.492 e. The Morgan fingerprint density at radius 2 is 0.800 bits per heavy atom. The summed E-state index contributed by atoms with van der Waals surface area (Å²) in [5.74, 6) is 0. The van der Waals surface area contributed by atoms with Gasteiger partial charge in [0.1, 0.15) is 12.2 Å². The van der Waals surface area contributed by atoms with Crippen molar-refractivity contribution < 1.29 is 29.2 Å². The molecule has 0 aromatic carbocycles. The third-order valence-electron chi connectivity index (χ3n) is 3.01. The fourth-order valence-corrected chi connectivity index (χ4v) is 2.22. The smallest absolute Gasteiger partial charge is 0.177 e. The summed E-state index contributed by atoms with van der Waals surface area (Å²) in [5.41, 5.74) is 0. The first-order chi connectivity index (χ1) is 9.62. The Bertz CT molecular complexity index is 322. The van der Waals surface area contributed by atoms with E-state index in [1.807, 2.05) is 0 Å². The van der Waals surface area contributed by atoms with Gasteiger partial charge in [-0.2, -0.15) is 0 Å². The Kier molecular flexibility index (Phi) is 6.14. The van der Waals surface area contributed by atoms with E-state index in [-0.39, 0.29) is 0 Å². The molecule has 6 nitrogen and oxygen atoms in total. The van der Waals surface area contributed by atoms with E-state index in [4.69, 9.17) is 18.9 Å². The number of rotatable bonds is 8. The van der Waals surface area contributed by atoms with Crippen LogP contribution in [0.5, 0.6) is 0 Å². The predicted octanol–water partition coefficient (Wildman–Crippen LogP) is 0.837. The lowest BCUT2D eigenvalue weighted by Gasteiger charge is -2.44. The third kappa shape index (κ3) is 3.15. The molecule has 0 amide bonds. The normalized spacial score (nSPS) is 36.3. The van der Waals surface area contributed by atoms with Crippen molar-refractivity contribution in [1.82, 2.24) is 0 Å². The van der Waals surface area contributed by atoms with Crippen molar-refractivity contribution in [2.45, 2.75) is 36.6 Å². The number of hydrogen-bond acceptors (Lipinski definition) is 6. The quantitative estimate of drug-likeness (QED) is 0.643. The van der Waals surface area contributed by atoms with Crippen molar-refractivity contribution in [3.63, 3.8) is 0 Å². The molecule has 0 saturated heterocycles. The molecule has 6 atom stereocenters. The number of hydrogen-bond donors (Lipinski definition) is 2. The minimum absolute atomic E-state index is 0.771. The maximum atomic E-state index is 10.1. The number of aliphatic hydroxyl groups is 2. The molecule has 1 saturated carbocycles. The first kappa shape index (κ1) is 16.1. The van der Waals surface area contributed by atoms with Gasteiger partial charge in [0.15, 0.2) is 24.4 Å². The maximum absolute atomic E-state index is 10.1. The maximum Gasteiger partial charge on any atom is 0.177 e. The average molecular weight is 284 g/mol. The molecule has 0 spiro atoms. The molecule has 0 radical (unpaired) electrons. The first-order valence-electron chi connectivity index (χ1n) is 6.04. The van der Waals surface area contributed by atoms with Crippen LogP contribution in [0.2, 0.25) is 0 Å². The standard InChI is InChI=1S/C14H20O6/c1-5-17-11-9(15)10(16)12(18-6-2)14(20-8-4)13(11)19-7-3/h5-16H,1-4H2. The van der Waals surface area contributed by atoms with E-state index in [0.29, 0.717) is 0 Å². The number of aliphatic hydroxyl groups excluding tert-OH is 2. The zero-order chi connectivity index (χ0) is 15.1. The SMILES string of the molecule is C=COC1C(O)C(O)C(OC=C)C(OC=C)C1OC=C. The van der Waals surface area contributed by atoms with Crippen LogP contribution in [0.4, 0.5) is 0 Å². The van der Waals surface area contributed by atoms with E-state index in [1.165, 1.54) is 12.5 Å². The predicted molar refractivity (Wildman–Crippen MR) is 72.3 cm³/mol. The number of ether oxygens (including phenoxy) is 4. The molecule has 0 aromatic rings. The van der Waals surface area contributed by atoms with Crippen LogP contribution in [0.3, 0.4) is 0 Å². The molecule has 0 bridgehead atoms. The molecule has 20 heavy (non-hydrogen) atoms. The van der Waals surface area contributed by atoms with Gasteiger partial charge in [0.05, 0.1) is 25.0 Å². The van der Waals surface area contributed by atoms with Gasteiger partial charge in [0, 0.05) is 0 Å². The molecule has 0 heterocycles. The summed E-state index contributed by atoms with van der Waals surface area (Å²) in [5, 5.41) is 20.2. The summed E-state index contributed by atoms with van der Waals surface area (Å²) in [6.45, 7) is 13.8. The van der Waals surface area contributed by atoms with Crippen LogP contribution < -0.4 is 0 Å². The topological polar surface area (TPSA) is 77.4 Å². The van der Waals surface area contributed by atoms with E-state index >= 15 is 0 Å². The van der Waals surface area contributed by atoms with Gasteiger partial charge in [-0.3, -0.25) is 0 Å². The zero-order valence-corrected chi connectivity index (χ0v) is 11.1. The van der Waals surface area contributed by atoms with Crippen molar-refractivity contribution in [3.8, 4) is 0 Å².